The second kappa shape index (κ2) is 10.5. The van der Waals surface area contributed by atoms with Crippen LogP contribution in [0, 0.1) is 0 Å². The number of hydrogen-bond acceptors (Lipinski definition) is 6. The first-order valence-electron chi connectivity index (χ1n) is 10.6. The predicted molar refractivity (Wildman–Crippen MR) is 118 cm³/mol. The van der Waals surface area contributed by atoms with E-state index in [1.54, 1.807) is 18.2 Å². The van der Waals surface area contributed by atoms with Gasteiger partial charge in [0, 0.05) is 38.4 Å². The second-order valence-corrected chi connectivity index (χ2v) is 7.67. The molecule has 2 aromatic carbocycles. The molecule has 1 heterocycles. The summed E-state index contributed by atoms with van der Waals surface area (Å²) in [6, 6.07) is 14.0. The molecule has 30 heavy (non-hydrogen) atoms. The molecule has 1 aliphatic rings. The first-order chi connectivity index (χ1) is 14.5. The maximum absolute atomic E-state index is 12.0. The number of carbonyl (C=O) groups is 1. The normalized spacial score (nSPS) is 15.7. The van der Waals surface area contributed by atoms with Crippen LogP contribution in [0.25, 0.3) is 0 Å². The standard InChI is InChI=1S/C24H32N2O4/c1-4-5-18-6-9-20(10-7-18)26-14-12-25(13-15-26)17-22(27)19-8-11-23(29-2)21(16-19)24(28)30-3/h6-11,16,22,27H,4-5,12-15,17H2,1-3H3. The quantitative estimate of drug-likeness (QED) is 0.672. The predicted octanol–water partition coefficient (Wildman–Crippen LogP) is 3.29. The number of benzene rings is 2. The van der Waals surface area contributed by atoms with E-state index in [0.717, 1.165) is 39.0 Å². The first-order valence-corrected chi connectivity index (χ1v) is 10.6. The van der Waals surface area contributed by atoms with Gasteiger partial charge in [0.25, 0.3) is 0 Å². The molecular formula is C24H32N2O4. The van der Waals surface area contributed by atoms with Crippen LogP contribution in [0.3, 0.4) is 0 Å². The Morgan fingerprint density at radius 2 is 1.77 bits per heavy atom. The summed E-state index contributed by atoms with van der Waals surface area (Å²) in [4.78, 5) is 16.6. The molecule has 1 N–H and O–H groups in total. The van der Waals surface area contributed by atoms with E-state index in [2.05, 4.69) is 41.0 Å². The molecule has 1 unspecified atom stereocenters. The minimum atomic E-state index is -0.681. The van der Waals surface area contributed by atoms with Gasteiger partial charge in [-0.25, -0.2) is 4.79 Å². The zero-order valence-corrected chi connectivity index (χ0v) is 18.1. The smallest absolute Gasteiger partial charge is 0.341 e. The third-order valence-electron chi connectivity index (χ3n) is 5.66. The van der Waals surface area contributed by atoms with E-state index in [-0.39, 0.29) is 0 Å². The molecule has 1 fully saturated rings. The fourth-order valence-electron chi connectivity index (χ4n) is 3.90. The van der Waals surface area contributed by atoms with Crippen molar-refractivity contribution in [3.8, 4) is 5.75 Å². The average molecular weight is 413 g/mol. The number of aliphatic hydroxyl groups excluding tert-OH is 1. The van der Waals surface area contributed by atoms with Crippen molar-refractivity contribution < 1.29 is 19.4 Å². The van der Waals surface area contributed by atoms with Gasteiger partial charge in [-0.1, -0.05) is 31.5 Å². The van der Waals surface area contributed by atoms with Crippen LogP contribution in [-0.4, -0.2) is 62.9 Å². The van der Waals surface area contributed by atoms with Crippen molar-refractivity contribution in [2.75, 3.05) is 51.8 Å². The molecule has 6 heteroatoms. The number of nitrogens with zero attached hydrogens (tertiary/aromatic N) is 2. The Morgan fingerprint density at radius 1 is 1.07 bits per heavy atom. The lowest BCUT2D eigenvalue weighted by atomic mass is 10.0. The number of β-amino-alcohol motifs (C(OH)–C–C–N with tert-alkyl or cyclic N) is 1. The molecule has 1 atom stereocenters. The zero-order chi connectivity index (χ0) is 21.5. The van der Waals surface area contributed by atoms with E-state index >= 15 is 0 Å². The largest absolute Gasteiger partial charge is 0.496 e. The molecule has 1 saturated heterocycles. The fourth-order valence-corrected chi connectivity index (χ4v) is 3.90. The highest BCUT2D eigenvalue weighted by Gasteiger charge is 2.22. The molecule has 0 saturated carbocycles. The summed E-state index contributed by atoms with van der Waals surface area (Å²) in [5, 5.41) is 10.7. The van der Waals surface area contributed by atoms with Gasteiger partial charge >= 0.3 is 5.97 Å². The van der Waals surface area contributed by atoms with Gasteiger partial charge in [0.05, 0.1) is 20.3 Å². The maximum Gasteiger partial charge on any atom is 0.341 e. The lowest BCUT2D eigenvalue weighted by Gasteiger charge is -2.37. The fraction of sp³-hybridized carbons (Fsp3) is 0.458. The maximum atomic E-state index is 12.0. The van der Waals surface area contributed by atoms with Crippen LogP contribution in [0.2, 0.25) is 0 Å². The average Bonchev–Trinajstić information content (AvgIpc) is 2.79. The lowest BCUT2D eigenvalue weighted by molar-refractivity contribution is 0.0596. The Bertz CT molecular complexity index is 830. The highest BCUT2D eigenvalue weighted by Crippen LogP contribution is 2.25. The zero-order valence-electron chi connectivity index (χ0n) is 18.1. The van der Waals surface area contributed by atoms with Crippen LogP contribution in [0.1, 0.15) is 40.9 Å². The highest BCUT2D eigenvalue weighted by atomic mass is 16.5. The SMILES string of the molecule is CCCc1ccc(N2CCN(CC(O)c3ccc(OC)c(C(=O)OC)c3)CC2)cc1. The van der Waals surface area contributed by atoms with Crippen LogP contribution in [0.15, 0.2) is 42.5 Å². The van der Waals surface area contributed by atoms with Crippen molar-refractivity contribution in [2.45, 2.75) is 25.9 Å². The number of aliphatic hydroxyl groups is 1. The van der Waals surface area contributed by atoms with E-state index in [0.29, 0.717) is 23.4 Å². The summed E-state index contributed by atoms with van der Waals surface area (Å²) in [7, 11) is 2.84. The van der Waals surface area contributed by atoms with Crippen molar-refractivity contribution in [1.29, 1.82) is 0 Å². The molecule has 6 nitrogen and oxygen atoms in total. The van der Waals surface area contributed by atoms with E-state index < -0.39 is 12.1 Å². The third-order valence-corrected chi connectivity index (χ3v) is 5.66. The van der Waals surface area contributed by atoms with Gasteiger partial charge in [0.1, 0.15) is 11.3 Å². The van der Waals surface area contributed by atoms with Gasteiger partial charge in [0.2, 0.25) is 0 Å². The van der Waals surface area contributed by atoms with Crippen molar-refractivity contribution in [1.82, 2.24) is 4.90 Å². The van der Waals surface area contributed by atoms with Crippen molar-refractivity contribution >= 4 is 11.7 Å². The number of piperazine rings is 1. The van der Waals surface area contributed by atoms with E-state index in [1.807, 2.05) is 0 Å². The number of esters is 1. The van der Waals surface area contributed by atoms with Crippen molar-refractivity contribution in [2.24, 2.45) is 0 Å². The molecule has 0 radical (unpaired) electrons. The minimum Gasteiger partial charge on any atom is -0.496 e. The number of ether oxygens (including phenoxy) is 2. The summed E-state index contributed by atoms with van der Waals surface area (Å²) >= 11 is 0. The van der Waals surface area contributed by atoms with Gasteiger partial charge in [0.15, 0.2) is 0 Å². The number of hydrogen-bond donors (Lipinski definition) is 1. The molecule has 0 spiro atoms. The van der Waals surface area contributed by atoms with E-state index in [1.165, 1.54) is 25.5 Å². The third kappa shape index (κ3) is 5.32. The highest BCUT2D eigenvalue weighted by molar-refractivity contribution is 5.92. The van der Waals surface area contributed by atoms with Gasteiger partial charge < -0.3 is 19.5 Å². The molecule has 0 aromatic heterocycles. The number of aryl methyl sites for hydroxylation is 1. The Morgan fingerprint density at radius 3 is 2.37 bits per heavy atom. The summed E-state index contributed by atoms with van der Waals surface area (Å²) in [6.07, 6.45) is 1.60. The van der Waals surface area contributed by atoms with Crippen LogP contribution in [-0.2, 0) is 11.2 Å². The van der Waals surface area contributed by atoms with E-state index in [4.69, 9.17) is 9.47 Å². The number of carbonyl (C=O) groups excluding carboxylic acids is 1. The van der Waals surface area contributed by atoms with Crippen LogP contribution in [0.5, 0.6) is 5.75 Å². The summed E-state index contributed by atoms with van der Waals surface area (Å²) in [5.41, 5.74) is 3.65. The van der Waals surface area contributed by atoms with Gasteiger partial charge in [-0.15, -0.1) is 0 Å². The molecule has 2 aromatic rings. The molecule has 162 valence electrons. The van der Waals surface area contributed by atoms with Gasteiger partial charge in [-0.2, -0.15) is 0 Å². The molecule has 3 rings (SSSR count). The Balaban J connectivity index is 1.57. The lowest BCUT2D eigenvalue weighted by Crippen LogP contribution is -2.47. The summed E-state index contributed by atoms with van der Waals surface area (Å²) in [6.45, 7) is 6.34. The minimum absolute atomic E-state index is 0.327. The van der Waals surface area contributed by atoms with E-state index in [9.17, 15) is 9.90 Å². The Kier molecular flexibility index (Phi) is 7.71. The monoisotopic (exact) mass is 412 g/mol. The molecule has 0 amide bonds. The summed E-state index contributed by atoms with van der Waals surface area (Å²) in [5.74, 6) is -0.0316. The van der Waals surface area contributed by atoms with Crippen LogP contribution in [0.4, 0.5) is 5.69 Å². The Hall–Kier alpha value is -2.57. The Labute approximate surface area is 179 Å². The first kappa shape index (κ1) is 22.1. The molecule has 0 aliphatic carbocycles. The van der Waals surface area contributed by atoms with Gasteiger partial charge in [-0.3, -0.25) is 4.90 Å². The number of anilines is 1. The summed E-state index contributed by atoms with van der Waals surface area (Å²) < 4.78 is 10.1. The molecular weight excluding hydrogens is 380 g/mol. The van der Waals surface area contributed by atoms with Crippen LogP contribution < -0.4 is 9.64 Å². The number of rotatable bonds is 8. The number of methoxy groups -OCH3 is 2. The van der Waals surface area contributed by atoms with Crippen molar-refractivity contribution in [3.05, 3.63) is 59.2 Å². The van der Waals surface area contributed by atoms with Gasteiger partial charge in [-0.05, 0) is 41.8 Å². The van der Waals surface area contributed by atoms with Crippen LogP contribution >= 0.6 is 0 Å². The molecule has 0 bridgehead atoms. The topological polar surface area (TPSA) is 62.2 Å². The van der Waals surface area contributed by atoms with Crippen molar-refractivity contribution in [3.63, 3.8) is 0 Å². The molecule has 1 aliphatic heterocycles. The second-order valence-electron chi connectivity index (χ2n) is 7.67.